The number of carboxylic acids is 2. The Morgan fingerprint density at radius 3 is 2.07 bits per heavy atom. The molecule has 1 amide bonds. The fourth-order valence-electron chi connectivity index (χ4n) is 4.22. The minimum atomic E-state index is -1.000. The lowest BCUT2D eigenvalue weighted by Gasteiger charge is -2.26. The fraction of sp³-hybridized carbons (Fsp3) is 0.375. The number of nitrogens with one attached hydrogen (secondary N) is 1. The van der Waals surface area contributed by atoms with Crippen LogP contribution >= 0.6 is 0 Å². The van der Waals surface area contributed by atoms with Gasteiger partial charge in [-0.15, -0.1) is 0 Å². The fourth-order valence-corrected chi connectivity index (χ4v) is 4.22. The van der Waals surface area contributed by atoms with E-state index in [1.54, 1.807) is 0 Å². The number of carboxylic acid groups (broad SMARTS) is 2. The van der Waals surface area contributed by atoms with Crippen molar-refractivity contribution in [1.82, 2.24) is 5.32 Å². The average Bonchev–Trinajstić information content (AvgIpc) is 3.20. The molecule has 1 saturated carbocycles. The van der Waals surface area contributed by atoms with Gasteiger partial charge in [-0.25, -0.2) is 0 Å². The monoisotopic (exact) mass is 409 g/mol. The number of rotatable bonds is 9. The molecule has 0 bridgehead atoms. The maximum absolute atomic E-state index is 12.7. The molecule has 1 aliphatic carbocycles. The summed E-state index contributed by atoms with van der Waals surface area (Å²) in [6, 6.07) is 17.6. The molecule has 1 unspecified atom stereocenters. The molecule has 158 valence electrons. The number of hydrogen-bond acceptors (Lipinski definition) is 3. The van der Waals surface area contributed by atoms with Gasteiger partial charge in [0, 0.05) is 6.54 Å². The Balaban J connectivity index is 1.63. The van der Waals surface area contributed by atoms with Gasteiger partial charge in [0.1, 0.15) is 0 Å². The molecule has 0 radical (unpaired) electrons. The van der Waals surface area contributed by atoms with E-state index in [9.17, 15) is 24.6 Å². The van der Waals surface area contributed by atoms with Crippen molar-refractivity contribution in [3.05, 3.63) is 60.2 Å². The molecule has 0 aromatic heterocycles. The second-order valence-corrected chi connectivity index (χ2v) is 8.07. The van der Waals surface area contributed by atoms with Gasteiger partial charge in [-0.3, -0.25) is 14.4 Å². The van der Waals surface area contributed by atoms with Gasteiger partial charge in [0.2, 0.25) is 5.91 Å². The maximum atomic E-state index is 12.7. The molecule has 2 aromatic carbocycles. The van der Waals surface area contributed by atoms with Crippen LogP contribution in [0.3, 0.4) is 0 Å². The van der Waals surface area contributed by atoms with Gasteiger partial charge >= 0.3 is 11.9 Å². The summed E-state index contributed by atoms with van der Waals surface area (Å²) in [6.07, 6.45) is 2.77. The van der Waals surface area contributed by atoms with Crippen LogP contribution in [-0.4, -0.2) is 34.6 Å². The zero-order valence-electron chi connectivity index (χ0n) is 16.8. The Labute approximate surface area is 175 Å². The van der Waals surface area contributed by atoms with Crippen molar-refractivity contribution >= 4 is 17.8 Å². The van der Waals surface area contributed by atoms with E-state index in [1.165, 1.54) is 0 Å². The number of aliphatic carboxylic acids is 2. The first-order valence-corrected chi connectivity index (χ1v) is 10.3. The van der Waals surface area contributed by atoms with Crippen molar-refractivity contribution in [2.75, 3.05) is 6.54 Å². The molecular formula is C24H27NO5. The summed E-state index contributed by atoms with van der Waals surface area (Å²) in [4.78, 5) is 35.7. The van der Waals surface area contributed by atoms with E-state index in [0.29, 0.717) is 12.8 Å². The maximum Gasteiger partial charge on any atom is 0.308 e. The predicted molar refractivity (Wildman–Crippen MR) is 113 cm³/mol. The number of carbonyl (C=O) groups excluding carboxylic acids is 1. The van der Waals surface area contributed by atoms with Crippen LogP contribution < -0.4 is 5.32 Å². The Hall–Kier alpha value is -3.15. The van der Waals surface area contributed by atoms with Gasteiger partial charge in [-0.2, -0.15) is 0 Å². The summed E-state index contributed by atoms with van der Waals surface area (Å²) >= 11 is 0. The first kappa shape index (κ1) is 21.6. The van der Waals surface area contributed by atoms with Crippen molar-refractivity contribution in [1.29, 1.82) is 0 Å². The standard InChI is InChI=1S/C24H27NO5/c26-21(27)15-24(12-4-5-13-24)23(30)25-16-20(22(28)29)14-17-8-10-19(11-9-17)18-6-2-1-3-7-18/h1-3,6-11,20H,4-5,12-16H2,(H,25,30)(H,26,27)(H,28,29). The van der Waals surface area contributed by atoms with Gasteiger partial charge in [0.15, 0.2) is 0 Å². The second kappa shape index (κ2) is 9.57. The molecule has 6 nitrogen and oxygen atoms in total. The van der Waals surface area contributed by atoms with Crippen molar-refractivity contribution in [3.63, 3.8) is 0 Å². The third-order valence-electron chi connectivity index (χ3n) is 5.93. The van der Waals surface area contributed by atoms with Crippen LogP contribution in [0.1, 0.15) is 37.7 Å². The Morgan fingerprint density at radius 2 is 1.50 bits per heavy atom. The van der Waals surface area contributed by atoms with Crippen LogP contribution in [0.5, 0.6) is 0 Å². The molecule has 0 spiro atoms. The number of carbonyl (C=O) groups is 3. The summed E-state index contributed by atoms with van der Waals surface area (Å²) in [5.74, 6) is -3.10. The highest BCUT2D eigenvalue weighted by Gasteiger charge is 2.43. The number of amides is 1. The Kier molecular flexibility index (Phi) is 6.87. The van der Waals surface area contributed by atoms with Crippen LogP contribution in [0.2, 0.25) is 0 Å². The van der Waals surface area contributed by atoms with Crippen LogP contribution in [0, 0.1) is 11.3 Å². The second-order valence-electron chi connectivity index (χ2n) is 8.07. The number of hydrogen-bond donors (Lipinski definition) is 3. The van der Waals surface area contributed by atoms with Crippen LogP contribution in [-0.2, 0) is 20.8 Å². The Morgan fingerprint density at radius 1 is 0.900 bits per heavy atom. The van der Waals surface area contributed by atoms with Crippen LogP contribution in [0.4, 0.5) is 0 Å². The molecule has 2 aromatic rings. The lowest BCUT2D eigenvalue weighted by molar-refractivity contribution is -0.146. The lowest BCUT2D eigenvalue weighted by atomic mass is 9.81. The van der Waals surface area contributed by atoms with E-state index in [-0.39, 0.29) is 25.3 Å². The van der Waals surface area contributed by atoms with Gasteiger partial charge < -0.3 is 15.5 Å². The van der Waals surface area contributed by atoms with Crippen LogP contribution in [0.15, 0.2) is 54.6 Å². The molecule has 30 heavy (non-hydrogen) atoms. The summed E-state index contributed by atoms with van der Waals surface area (Å²) in [5.41, 5.74) is 2.10. The summed E-state index contributed by atoms with van der Waals surface area (Å²) in [7, 11) is 0. The molecule has 0 aliphatic heterocycles. The zero-order chi connectivity index (χ0) is 21.6. The molecule has 3 N–H and O–H groups in total. The third kappa shape index (κ3) is 5.26. The van der Waals surface area contributed by atoms with E-state index < -0.39 is 23.3 Å². The smallest absolute Gasteiger partial charge is 0.308 e. The number of benzene rings is 2. The molecule has 6 heteroatoms. The van der Waals surface area contributed by atoms with Crippen molar-refractivity contribution in [3.8, 4) is 11.1 Å². The quantitative estimate of drug-likeness (QED) is 0.585. The molecule has 0 saturated heterocycles. The molecule has 1 aliphatic rings. The van der Waals surface area contributed by atoms with E-state index in [2.05, 4.69) is 5.32 Å². The molecule has 3 rings (SSSR count). The highest BCUT2D eigenvalue weighted by atomic mass is 16.4. The first-order chi connectivity index (χ1) is 14.4. The van der Waals surface area contributed by atoms with Crippen molar-refractivity contribution < 1.29 is 24.6 Å². The Bertz CT molecular complexity index is 886. The predicted octanol–water partition coefficient (Wildman–Crippen LogP) is 3.75. The first-order valence-electron chi connectivity index (χ1n) is 10.3. The highest BCUT2D eigenvalue weighted by molar-refractivity contribution is 5.87. The van der Waals surface area contributed by atoms with Gasteiger partial charge in [0.25, 0.3) is 0 Å². The summed E-state index contributed by atoms with van der Waals surface area (Å²) in [5, 5.41) is 21.5. The normalized spacial score (nSPS) is 16.0. The SMILES string of the molecule is O=C(O)CC1(C(=O)NCC(Cc2ccc(-c3ccccc3)cc2)C(=O)O)CCCC1. The van der Waals surface area contributed by atoms with Crippen molar-refractivity contribution in [2.45, 2.75) is 38.5 Å². The van der Waals surface area contributed by atoms with E-state index in [4.69, 9.17) is 0 Å². The summed E-state index contributed by atoms with van der Waals surface area (Å²) < 4.78 is 0. The molecule has 0 heterocycles. The average molecular weight is 409 g/mol. The van der Waals surface area contributed by atoms with Crippen LogP contribution in [0.25, 0.3) is 11.1 Å². The highest BCUT2D eigenvalue weighted by Crippen LogP contribution is 2.41. The van der Waals surface area contributed by atoms with Gasteiger partial charge in [0.05, 0.1) is 17.8 Å². The minimum Gasteiger partial charge on any atom is -0.481 e. The molecule has 1 atom stereocenters. The van der Waals surface area contributed by atoms with Gasteiger partial charge in [-0.05, 0) is 36.0 Å². The molecule has 1 fully saturated rings. The third-order valence-corrected chi connectivity index (χ3v) is 5.93. The largest absolute Gasteiger partial charge is 0.481 e. The van der Waals surface area contributed by atoms with E-state index in [1.807, 2.05) is 54.6 Å². The van der Waals surface area contributed by atoms with Gasteiger partial charge in [-0.1, -0.05) is 67.4 Å². The van der Waals surface area contributed by atoms with E-state index in [0.717, 1.165) is 29.5 Å². The van der Waals surface area contributed by atoms with Crippen molar-refractivity contribution in [2.24, 2.45) is 11.3 Å². The topological polar surface area (TPSA) is 104 Å². The lowest BCUT2D eigenvalue weighted by Crippen LogP contribution is -2.44. The minimum absolute atomic E-state index is 0.0179. The van der Waals surface area contributed by atoms with E-state index >= 15 is 0 Å². The summed E-state index contributed by atoms with van der Waals surface area (Å²) in [6.45, 7) is -0.0179. The molecular weight excluding hydrogens is 382 g/mol. The zero-order valence-corrected chi connectivity index (χ0v) is 16.8.